The first-order valence-corrected chi connectivity index (χ1v) is 9.46. The van der Waals surface area contributed by atoms with Crippen LogP contribution in [0.5, 0.6) is 0 Å². The number of furan rings is 1. The monoisotopic (exact) mass is 398 g/mol. The van der Waals surface area contributed by atoms with Gasteiger partial charge in [-0.1, -0.05) is 0 Å². The standard InChI is InChI=1S/C21H23FN4O3/c1-13-14(2)29-21(18(13)11-23)25-19(27)12-26-9-7-17(8-10-26)24-20(28)15-3-5-16(22)6-4-15/h3-6,17H,7-10,12H2,1-2H3,(H,24,28)(H,25,27). The summed E-state index contributed by atoms with van der Waals surface area (Å²) in [5.41, 5.74) is 1.49. The highest BCUT2D eigenvalue weighted by atomic mass is 19.1. The van der Waals surface area contributed by atoms with Crippen LogP contribution in [0, 0.1) is 31.0 Å². The minimum absolute atomic E-state index is 0.00688. The maximum absolute atomic E-state index is 13.0. The molecule has 0 radical (unpaired) electrons. The van der Waals surface area contributed by atoms with Gasteiger partial charge in [-0.15, -0.1) is 0 Å². The number of nitriles is 1. The third-order valence-corrected chi connectivity index (χ3v) is 5.15. The zero-order chi connectivity index (χ0) is 21.0. The Morgan fingerprint density at radius 2 is 1.90 bits per heavy atom. The molecule has 8 heteroatoms. The van der Waals surface area contributed by atoms with Crippen LogP contribution in [0.1, 0.15) is 40.1 Å². The van der Waals surface area contributed by atoms with Crippen molar-refractivity contribution in [3.8, 4) is 6.07 Å². The maximum atomic E-state index is 13.0. The Kier molecular flexibility index (Phi) is 6.29. The van der Waals surface area contributed by atoms with Gasteiger partial charge >= 0.3 is 0 Å². The minimum atomic E-state index is -0.380. The predicted molar refractivity (Wildman–Crippen MR) is 105 cm³/mol. The van der Waals surface area contributed by atoms with E-state index < -0.39 is 0 Å². The van der Waals surface area contributed by atoms with Crippen LogP contribution in [0.4, 0.5) is 10.3 Å². The molecule has 1 aromatic carbocycles. The van der Waals surface area contributed by atoms with Gasteiger partial charge in [-0.3, -0.25) is 19.8 Å². The average molecular weight is 398 g/mol. The fraction of sp³-hybridized carbons (Fsp3) is 0.381. The fourth-order valence-corrected chi connectivity index (χ4v) is 3.32. The number of benzene rings is 1. The van der Waals surface area contributed by atoms with Crippen LogP contribution in [0.2, 0.25) is 0 Å². The topological polar surface area (TPSA) is 98.4 Å². The number of hydrogen-bond donors (Lipinski definition) is 2. The van der Waals surface area contributed by atoms with E-state index in [1.54, 1.807) is 13.8 Å². The lowest BCUT2D eigenvalue weighted by Gasteiger charge is -2.31. The Balaban J connectivity index is 1.46. The summed E-state index contributed by atoms with van der Waals surface area (Å²) in [6, 6.07) is 7.49. The van der Waals surface area contributed by atoms with Gasteiger partial charge in [0, 0.05) is 30.3 Å². The Morgan fingerprint density at radius 1 is 1.24 bits per heavy atom. The Labute approximate surface area is 168 Å². The van der Waals surface area contributed by atoms with Crippen molar-refractivity contribution in [2.24, 2.45) is 0 Å². The van der Waals surface area contributed by atoms with Crippen molar-refractivity contribution >= 4 is 17.7 Å². The van der Waals surface area contributed by atoms with Crippen molar-refractivity contribution in [3.05, 3.63) is 52.5 Å². The van der Waals surface area contributed by atoms with E-state index in [1.165, 1.54) is 24.3 Å². The van der Waals surface area contributed by atoms with Crippen LogP contribution in [-0.4, -0.2) is 42.4 Å². The maximum Gasteiger partial charge on any atom is 0.251 e. The molecule has 1 aromatic heterocycles. The van der Waals surface area contributed by atoms with Crippen LogP contribution < -0.4 is 10.6 Å². The van der Waals surface area contributed by atoms with Crippen molar-refractivity contribution < 1.29 is 18.4 Å². The first-order valence-electron chi connectivity index (χ1n) is 9.46. The molecule has 2 N–H and O–H groups in total. The molecule has 1 aliphatic rings. The number of piperidine rings is 1. The highest BCUT2D eigenvalue weighted by molar-refractivity contribution is 5.94. The third kappa shape index (κ3) is 5.00. The molecule has 0 unspecified atom stereocenters. The van der Waals surface area contributed by atoms with Gasteiger partial charge in [-0.05, 0) is 51.0 Å². The molecule has 0 aliphatic carbocycles. The first-order chi connectivity index (χ1) is 13.9. The molecule has 0 saturated carbocycles. The zero-order valence-electron chi connectivity index (χ0n) is 16.4. The number of carbonyl (C=O) groups excluding carboxylic acids is 2. The van der Waals surface area contributed by atoms with Crippen LogP contribution in [0.3, 0.4) is 0 Å². The smallest absolute Gasteiger partial charge is 0.251 e. The summed E-state index contributed by atoms with van der Waals surface area (Å²) >= 11 is 0. The summed E-state index contributed by atoms with van der Waals surface area (Å²) in [5.74, 6) is -0.0590. The van der Waals surface area contributed by atoms with E-state index in [-0.39, 0.29) is 36.1 Å². The summed E-state index contributed by atoms with van der Waals surface area (Å²) in [4.78, 5) is 26.5. The van der Waals surface area contributed by atoms with Crippen LogP contribution in [0.15, 0.2) is 28.7 Å². The number of amides is 2. The van der Waals surface area contributed by atoms with Gasteiger partial charge < -0.3 is 9.73 Å². The van der Waals surface area contributed by atoms with Crippen LogP contribution in [0.25, 0.3) is 0 Å². The van der Waals surface area contributed by atoms with E-state index in [4.69, 9.17) is 4.42 Å². The summed E-state index contributed by atoms with van der Waals surface area (Å²) in [5, 5.41) is 14.8. The van der Waals surface area contributed by atoms with Crippen molar-refractivity contribution in [3.63, 3.8) is 0 Å². The largest absolute Gasteiger partial charge is 0.444 e. The lowest BCUT2D eigenvalue weighted by molar-refractivity contribution is -0.117. The molecule has 0 atom stereocenters. The van der Waals surface area contributed by atoms with Crippen molar-refractivity contribution in [1.82, 2.24) is 10.2 Å². The SMILES string of the molecule is Cc1oc(NC(=O)CN2CCC(NC(=O)c3ccc(F)cc3)CC2)c(C#N)c1C. The molecule has 0 bridgehead atoms. The predicted octanol–water partition coefficient (Wildman–Crippen LogP) is 2.74. The molecule has 29 heavy (non-hydrogen) atoms. The van der Waals surface area contributed by atoms with Crippen molar-refractivity contribution in [2.45, 2.75) is 32.7 Å². The summed E-state index contributed by atoms with van der Waals surface area (Å²) < 4.78 is 18.4. The number of nitrogens with one attached hydrogen (secondary N) is 2. The van der Waals surface area contributed by atoms with E-state index in [1.807, 2.05) is 4.90 Å². The second kappa shape index (κ2) is 8.88. The van der Waals surface area contributed by atoms with Gasteiger partial charge in [0.2, 0.25) is 11.8 Å². The molecular weight excluding hydrogens is 375 g/mol. The van der Waals surface area contributed by atoms with Crippen molar-refractivity contribution in [1.29, 1.82) is 5.26 Å². The second-order valence-corrected chi connectivity index (χ2v) is 7.18. The molecule has 152 valence electrons. The first kappa shape index (κ1) is 20.6. The van der Waals surface area contributed by atoms with Gasteiger partial charge in [0.1, 0.15) is 23.2 Å². The molecule has 7 nitrogen and oxygen atoms in total. The van der Waals surface area contributed by atoms with Gasteiger partial charge in [-0.25, -0.2) is 4.39 Å². The molecule has 3 rings (SSSR count). The van der Waals surface area contributed by atoms with Gasteiger partial charge in [0.25, 0.3) is 5.91 Å². The fourth-order valence-electron chi connectivity index (χ4n) is 3.32. The Morgan fingerprint density at radius 3 is 2.52 bits per heavy atom. The van der Waals surface area contributed by atoms with E-state index >= 15 is 0 Å². The van der Waals surface area contributed by atoms with E-state index in [9.17, 15) is 19.2 Å². The molecule has 1 aliphatic heterocycles. The number of nitrogens with zero attached hydrogens (tertiary/aromatic N) is 2. The average Bonchev–Trinajstić information content (AvgIpc) is 2.96. The van der Waals surface area contributed by atoms with Gasteiger partial charge in [-0.2, -0.15) is 5.26 Å². The molecule has 2 heterocycles. The second-order valence-electron chi connectivity index (χ2n) is 7.18. The number of carbonyl (C=O) groups is 2. The quantitative estimate of drug-likeness (QED) is 0.807. The van der Waals surface area contributed by atoms with E-state index in [2.05, 4.69) is 16.7 Å². The molecule has 0 spiro atoms. The molecule has 2 amide bonds. The normalized spacial score (nSPS) is 15.0. The Bertz CT molecular complexity index is 938. The number of aryl methyl sites for hydroxylation is 1. The summed E-state index contributed by atoms with van der Waals surface area (Å²) in [6.45, 7) is 5.02. The van der Waals surface area contributed by atoms with Gasteiger partial charge in [0.05, 0.1) is 6.54 Å². The number of anilines is 1. The highest BCUT2D eigenvalue weighted by Gasteiger charge is 2.24. The molecule has 1 saturated heterocycles. The molecule has 2 aromatic rings. The zero-order valence-corrected chi connectivity index (χ0v) is 16.4. The number of rotatable bonds is 5. The molecule has 1 fully saturated rings. The van der Waals surface area contributed by atoms with E-state index in [0.29, 0.717) is 42.8 Å². The van der Waals surface area contributed by atoms with Gasteiger partial charge in [0.15, 0.2) is 0 Å². The number of halogens is 1. The Hall–Kier alpha value is -3.18. The lowest BCUT2D eigenvalue weighted by atomic mass is 10.0. The van der Waals surface area contributed by atoms with Crippen LogP contribution in [-0.2, 0) is 4.79 Å². The third-order valence-electron chi connectivity index (χ3n) is 5.15. The highest BCUT2D eigenvalue weighted by Crippen LogP contribution is 2.25. The minimum Gasteiger partial charge on any atom is -0.444 e. The van der Waals surface area contributed by atoms with Crippen LogP contribution >= 0.6 is 0 Å². The lowest BCUT2D eigenvalue weighted by Crippen LogP contribution is -2.46. The number of likely N-dealkylation sites (tertiary alicyclic amines) is 1. The summed E-state index contributed by atoms with van der Waals surface area (Å²) in [6.07, 6.45) is 1.42. The molecular formula is C21H23FN4O3. The van der Waals surface area contributed by atoms with Crippen molar-refractivity contribution in [2.75, 3.05) is 25.0 Å². The number of hydrogen-bond acceptors (Lipinski definition) is 5. The summed E-state index contributed by atoms with van der Waals surface area (Å²) in [7, 11) is 0. The van der Waals surface area contributed by atoms with E-state index in [0.717, 1.165) is 5.56 Å².